The number of anilines is 1. The summed E-state index contributed by atoms with van der Waals surface area (Å²) in [6.45, 7) is 3.45. The van der Waals surface area contributed by atoms with E-state index < -0.39 is 0 Å². The Labute approximate surface area is 169 Å². The van der Waals surface area contributed by atoms with Gasteiger partial charge in [-0.25, -0.2) is 9.97 Å². The van der Waals surface area contributed by atoms with Crippen LogP contribution in [0.4, 0.5) is 5.69 Å². The fourth-order valence-electron chi connectivity index (χ4n) is 2.85. The lowest BCUT2D eigenvalue weighted by atomic mass is 10.2. The minimum atomic E-state index is -0.388. The number of benzene rings is 1. The normalized spacial score (nSPS) is 11.0. The first-order chi connectivity index (χ1) is 13.4. The minimum absolute atomic E-state index is 0.124. The van der Waals surface area contributed by atoms with Gasteiger partial charge in [0.15, 0.2) is 0 Å². The van der Waals surface area contributed by atoms with Gasteiger partial charge in [-0.3, -0.25) is 14.0 Å². The highest BCUT2D eigenvalue weighted by Gasteiger charge is 2.19. The van der Waals surface area contributed by atoms with Gasteiger partial charge in [-0.15, -0.1) is 11.3 Å². The zero-order valence-corrected chi connectivity index (χ0v) is 16.6. The largest absolute Gasteiger partial charge is 0.315 e. The molecule has 0 bridgehead atoms. The first kappa shape index (κ1) is 18.3. The molecule has 0 aliphatic rings. The van der Waals surface area contributed by atoms with Gasteiger partial charge < -0.3 is 5.32 Å². The van der Waals surface area contributed by atoms with E-state index in [4.69, 9.17) is 11.6 Å². The number of pyridine rings is 1. The molecule has 0 atom stereocenters. The molecule has 0 fully saturated rings. The highest BCUT2D eigenvalue weighted by atomic mass is 35.5. The molecule has 1 amide bonds. The molecule has 0 saturated carbocycles. The van der Waals surface area contributed by atoms with Crippen LogP contribution in [-0.4, -0.2) is 20.3 Å². The Balaban J connectivity index is 1.71. The number of rotatable bonds is 3. The summed E-state index contributed by atoms with van der Waals surface area (Å²) in [5.41, 5.74) is 2.18. The number of aromatic nitrogens is 3. The summed E-state index contributed by atoms with van der Waals surface area (Å²) in [4.78, 5) is 35.0. The molecular weight excluding hydrogens is 396 g/mol. The molecule has 8 heteroatoms. The van der Waals surface area contributed by atoms with Crippen molar-refractivity contribution in [2.24, 2.45) is 0 Å². The number of thiazole rings is 1. The predicted octanol–water partition coefficient (Wildman–Crippen LogP) is 4.34. The van der Waals surface area contributed by atoms with Crippen LogP contribution in [0.2, 0.25) is 5.02 Å². The van der Waals surface area contributed by atoms with Crippen molar-refractivity contribution >= 4 is 40.2 Å². The summed E-state index contributed by atoms with van der Waals surface area (Å²) in [6.07, 6.45) is 1.48. The molecule has 1 N–H and O–H groups in total. The van der Waals surface area contributed by atoms with Gasteiger partial charge in [0.1, 0.15) is 21.2 Å². The summed E-state index contributed by atoms with van der Waals surface area (Å²) in [5, 5.41) is 3.86. The molecule has 0 unspecified atom stereocenters. The molecule has 0 aliphatic heterocycles. The number of halogens is 1. The number of nitrogens with one attached hydrogen (secondary N) is 1. The lowest BCUT2D eigenvalue weighted by Gasteiger charge is -2.09. The van der Waals surface area contributed by atoms with E-state index in [2.05, 4.69) is 15.3 Å². The third-order valence-corrected chi connectivity index (χ3v) is 5.66. The number of amides is 1. The maximum Gasteiger partial charge on any atom is 0.281 e. The van der Waals surface area contributed by atoms with Crippen molar-refractivity contribution < 1.29 is 4.79 Å². The molecule has 0 saturated heterocycles. The minimum Gasteiger partial charge on any atom is -0.315 e. The first-order valence-electron chi connectivity index (χ1n) is 8.47. The molecule has 28 heavy (non-hydrogen) atoms. The second kappa shape index (κ2) is 7.18. The van der Waals surface area contributed by atoms with Crippen molar-refractivity contribution in [1.29, 1.82) is 0 Å². The summed E-state index contributed by atoms with van der Waals surface area (Å²) in [5.74, 6) is -0.388. The Kier molecular flexibility index (Phi) is 4.70. The van der Waals surface area contributed by atoms with Crippen molar-refractivity contribution in [3.8, 4) is 10.6 Å². The van der Waals surface area contributed by atoms with Crippen molar-refractivity contribution in [3.63, 3.8) is 0 Å². The topological polar surface area (TPSA) is 76.4 Å². The van der Waals surface area contributed by atoms with Crippen molar-refractivity contribution in [1.82, 2.24) is 14.4 Å². The Hall–Kier alpha value is -3.03. The fourth-order valence-corrected chi connectivity index (χ4v) is 3.98. The molecule has 6 nitrogen and oxygen atoms in total. The van der Waals surface area contributed by atoms with Crippen LogP contribution in [0.3, 0.4) is 0 Å². The fraction of sp³-hybridized carbons (Fsp3) is 0.100. The monoisotopic (exact) mass is 410 g/mol. The van der Waals surface area contributed by atoms with Crippen molar-refractivity contribution in [2.45, 2.75) is 13.8 Å². The molecule has 0 aliphatic carbocycles. The van der Waals surface area contributed by atoms with Gasteiger partial charge in [0.2, 0.25) is 0 Å². The third kappa shape index (κ3) is 3.30. The Morgan fingerprint density at radius 2 is 1.82 bits per heavy atom. The summed E-state index contributed by atoms with van der Waals surface area (Å²) in [7, 11) is 0. The van der Waals surface area contributed by atoms with Gasteiger partial charge in [-0.1, -0.05) is 41.9 Å². The lowest BCUT2D eigenvalue weighted by Crippen LogP contribution is -2.25. The molecular formula is C20H15ClN4O2S. The van der Waals surface area contributed by atoms with Crippen LogP contribution in [0.25, 0.3) is 16.2 Å². The van der Waals surface area contributed by atoms with Gasteiger partial charge in [-0.05, 0) is 26.0 Å². The number of hydrogen-bond acceptors (Lipinski definition) is 5. The zero-order valence-electron chi connectivity index (χ0n) is 15.1. The predicted molar refractivity (Wildman–Crippen MR) is 111 cm³/mol. The average molecular weight is 411 g/mol. The van der Waals surface area contributed by atoms with Crippen molar-refractivity contribution in [2.75, 3.05) is 5.32 Å². The van der Waals surface area contributed by atoms with Crippen LogP contribution in [0.5, 0.6) is 0 Å². The average Bonchev–Trinajstić information content (AvgIpc) is 3.08. The molecule has 3 heterocycles. The van der Waals surface area contributed by atoms with Gasteiger partial charge in [0, 0.05) is 11.8 Å². The van der Waals surface area contributed by atoms with Gasteiger partial charge in [0.05, 0.1) is 16.4 Å². The first-order valence-corrected chi connectivity index (χ1v) is 9.66. The lowest BCUT2D eigenvalue weighted by molar-refractivity contribution is 0.102. The van der Waals surface area contributed by atoms with Gasteiger partial charge in [0.25, 0.3) is 11.5 Å². The maximum atomic E-state index is 12.8. The molecule has 4 rings (SSSR count). The molecule has 3 aromatic heterocycles. The highest BCUT2D eigenvalue weighted by Crippen LogP contribution is 2.28. The Morgan fingerprint density at radius 3 is 2.57 bits per heavy atom. The van der Waals surface area contributed by atoms with Crippen LogP contribution in [0.15, 0.2) is 53.5 Å². The Morgan fingerprint density at radius 1 is 1.07 bits per heavy atom. The number of aryl methyl sites for hydroxylation is 2. The molecule has 1 aromatic carbocycles. The van der Waals surface area contributed by atoms with E-state index in [0.29, 0.717) is 26.9 Å². The standard InChI is InChI=1S/C20H15ClN4O2S/c1-11-16(20(27)25-10-14(21)8-9-15(25)22-11)24-18(26)17-12(2)23-19(28-17)13-6-4-3-5-7-13/h3-10H,1-2H3,(H,24,26). The molecule has 0 radical (unpaired) electrons. The van der Waals surface area contributed by atoms with Crippen LogP contribution in [0.1, 0.15) is 21.1 Å². The zero-order chi connectivity index (χ0) is 19.8. The van der Waals surface area contributed by atoms with Gasteiger partial charge in [-0.2, -0.15) is 0 Å². The van der Waals surface area contributed by atoms with E-state index in [1.54, 1.807) is 26.0 Å². The number of carbonyl (C=O) groups excluding carboxylic acids is 1. The summed E-state index contributed by atoms with van der Waals surface area (Å²) < 4.78 is 1.32. The number of nitrogens with zero attached hydrogens (tertiary/aromatic N) is 3. The van der Waals surface area contributed by atoms with Crippen LogP contribution >= 0.6 is 22.9 Å². The SMILES string of the molecule is Cc1nc(-c2ccccc2)sc1C(=O)Nc1c(C)nc2ccc(Cl)cn2c1=O. The summed E-state index contributed by atoms with van der Waals surface area (Å²) in [6, 6.07) is 13.0. The molecule has 0 spiro atoms. The van der Waals surface area contributed by atoms with Crippen LogP contribution in [0, 0.1) is 13.8 Å². The number of carbonyl (C=O) groups is 1. The quantitative estimate of drug-likeness (QED) is 0.545. The van der Waals surface area contributed by atoms with Gasteiger partial charge >= 0.3 is 0 Å². The second-order valence-corrected chi connectivity index (χ2v) is 7.64. The highest BCUT2D eigenvalue weighted by molar-refractivity contribution is 7.17. The van der Waals surface area contributed by atoms with E-state index in [9.17, 15) is 9.59 Å². The smallest absolute Gasteiger partial charge is 0.281 e. The number of hydrogen-bond donors (Lipinski definition) is 1. The third-order valence-electron chi connectivity index (χ3n) is 4.23. The maximum absolute atomic E-state index is 12.8. The van der Waals surface area contributed by atoms with Crippen molar-refractivity contribution in [3.05, 3.63) is 80.3 Å². The van der Waals surface area contributed by atoms with E-state index in [-0.39, 0.29) is 17.2 Å². The second-order valence-electron chi connectivity index (χ2n) is 6.21. The van der Waals surface area contributed by atoms with E-state index in [1.165, 1.54) is 21.9 Å². The number of fused-ring (bicyclic) bond motifs is 1. The van der Waals surface area contributed by atoms with Crippen LogP contribution in [-0.2, 0) is 0 Å². The van der Waals surface area contributed by atoms with E-state index in [0.717, 1.165) is 10.6 Å². The molecule has 4 aromatic rings. The summed E-state index contributed by atoms with van der Waals surface area (Å²) >= 11 is 7.27. The Bertz CT molecular complexity index is 1260. The van der Waals surface area contributed by atoms with E-state index in [1.807, 2.05) is 30.3 Å². The van der Waals surface area contributed by atoms with Crippen LogP contribution < -0.4 is 10.9 Å². The van der Waals surface area contributed by atoms with E-state index >= 15 is 0 Å². The molecule has 140 valence electrons.